The fourth-order valence-corrected chi connectivity index (χ4v) is 2.09. The Morgan fingerprint density at radius 3 is 2.54 bits per heavy atom. The number of hydrogen-bond acceptors (Lipinski definition) is 1. The molecule has 0 amide bonds. The van der Waals surface area contributed by atoms with Crippen molar-refractivity contribution in [3.63, 3.8) is 0 Å². The number of rotatable bonds is 1. The molecule has 0 radical (unpaired) electrons. The zero-order valence-corrected chi connectivity index (χ0v) is 8.60. The van der Waals surface area contributed by atoms with Crippen molar-refractivity contribution in [3.8, 4) is 0 Å². The van der Waals surface area contributed by atoms with Crippen molar-refractivity contribution < 1.29 is 5.11 Å². The van der Waals surface area contributed by atoms with Crippen LogP contribution in [0.2, 0.25) is 5.02 Å². The van der Waals surface area contributed by atoms with Crippen LogP contribution in [0, 0.1) is 12.8 Å². The molecule has 1 saturated carbocycles. The second-order valence-corrected chi connectivity index (χ2v) is 4.48. The van der Waals surface area contributed by atoms with E-state index >= 15 is 0 Å². The van der Waals surface area contributed by atoms with Gasteiger partial charge in [0.15, 0.2) is 0 Å². The van der Waals surface area contributed by atoms with E-state index in [1.807, 2.05) is 25.1 Å². The van der Waals surface area contributed by atoms with Crippen molar-refractivity contribution in [2.75, 3.05) is 0 Å². The summed E-state index contributed by atoms with van der Waals surface area (Å²) in [6, 6.07) is 5.77. The van der Waals surface area contributed by atoms with Crippen molar-refractivity contribution in [3.05, 3.63) is 34.3 Å². The predicted molar refractivity (Wildman–Crippen MR) is 53.9 cm³/mol. The minimum atomic E-state index is -0.602. The highest BCUT2D eigenvalue weighted by molar-refractivity contribution is 6.30. The van der Waals surface area contributed by atoms with Gasteiger partial charge in [0, 0.05) is 5.02 Å². The first-order valence-corrected chi connectivity index (χ1v) is 4.90. The van der Waals surface area contributed by atoms with Crippen molar-refractivity contribution in [1.29, 1.82) is 0 Å². The van der Waals surface area contributed by atoms with E-state index < -0.39 is 5.60 Å². The molecule has 1 N–H and O–H groups in total. The molecular formula is C11H13ClO. The first-order valence-electron chi connectivity index (χ1n) is 4.52. The van der Waals surface area contributed by atoms with Crippen LogP contribution in [0.3, 0.4) is 0 Å². The molecule has 1 aliphatic carbocycles. The molecule has 1 aromatic carbocycles. The van der Waals surface area contributed by atoms with E-state index in [1.165, 1.54) is 0 Å². The summed E-state index contributed by atoms with van der Waals surface area (Å²) in [6.45, 7) is 4.04. The van der Waals surface area contributed by atoms with Crippen molar-refractivity contribution >= 4 is 11.6 Å². The van der Waals surface area contributed by atoms with Crippen LogP contribution in [0.25, 0.3) is 0 Å². The summed E-state index contributed by atoms with van der Waals surface area (Å²) in [5.41, 5.74) is 1.47. The Balaban J connectivity index is 2.42. The van der Waals surface area contributed by atoms with E-state index in [0.29, 0.717) is 10.9 Å². The Hall–Kier alpha value is -0.530. The third-order valence-corrected chi connectivity index (χ3v) is 3.03. The lowest BCUT2D eigenvalue weighted by Crippen LogP contribution is -2.07. The van der Waals surface area contributed by atoms with Gasteiger partial charge >= 0.3 is 0 Å². The topological polar surface area (TPSA) is 20.2 Å². The van der Waals surface area contributed by atoms with Gasteiger partial charge in [0.1, 0.15) is 0 Å². The van der Waals surface area contributed by atoms with Gasteiger partial charge in [-0.1, -0.05) is 24.6 Å². The summed E-state index contributed by atoms with van der Waals surface area (Å²) in [4.78, 5) is 0. The van der Waals surface area contributed by atoms with Crippen molar-refractivity contribution in [1.82, 2.24) is 0 Å². The molecule has 1 aliphatic rings. The van der Waals surface area contributed by atoms with Gasteiger partial charge in [0.25, 0.3) is 0 Å². The first kappa shape index (κ1) is 9.04. The lowest BCUT2D eigenvalue weighted by Gasteiger charge is -2.10. The fraction of sp³-hybridized carbons (Fsp3) is 0.455. The van der Waals surface area contributed by atoms with E-state index in [4.69, 9.17) is 11.6 Å². The molecule has 2 heteroatoms. The molecule has 0 saturated heterocycles. The number of aliphatic hydroxyl groups is 1. The van der Waals surface area contributed by atoms with Crippen molar-refractivity contribution in [2.45, 2.75) is 25.9 Å². The molecule has 1 nitrogen and oxygen atoms in total. The third-order valence-electron chi connectivity index (χ3n) is 2.81. The average molecular weight is 197 g/mol. The van der Waals surface area contributed by atoms with Crippen LogP contribution in [-0.4, -0.2) is 5.11 Å². The maximum absolute atomic E-state index is 10.1. The summed E-state index contributed by atoms with van der Waals surface area (Å²) in [7, 11) is 0. The molecule has 0 aromatic heterocycles. The van der Waals surface area contributed by atoms with Crippen LogP contribution in [0.4, 0.5) is 0 Å². The molecule has 0 spiro atoms. The molecule has 1 fully saturated rings. The number of benzene rings is 1. The first-order chi connectivity index (χ1) is 6.02. The van der Waals surface area contributed by atoms with Gasteiger partial charge in [-0.3, -0.25) is 0 Å². The highest BCUT2D eigenvalue weighted by Crippen LogP contribution is 2.51. The van der Waals surface area contributed by atoms with Gasteiger partial charge in [-0.05, 0) is 42.5 Å². The highest BCUT2D eigenvalue weighted by Gasteiger charge is 2.50. The van der Waals surface area contributed by atoms with E-state index in [9.17, 15) is 5.11 Å². The quantitative estimate of drug-likeness (QED) is 0.733. The van der Waals surface area contributed by atoms with Gasteiger partial charge in [-0.2, -0.15) is 0 Å². The highest BCUT2D eigenvalue weighted by atomic mass is 35.5. The number of aryl methyl sites for hydroxylation is 1. The fourth-order valence-electron chi connectivity index (χ4n) is 1.80. The standard InChI is InChI=1S/C11H13ClO/c1-7-3-9(5-10(12)4-7)11(13)6-8(11)2/h3-5,8,13H,6H2,1-2H3. The van der Waals surface area contributed by atoms with E-state index in [0.717, 1.165) is 17.5 Å². The molecule has 2 atom stereocenters. The zero-order chi connectivity index (χ0) is 9.64. The second kappa shape index (κ2) is 2.73. The Morgan fingerprint density at radius 2 is 2.08 bits per heavy atom. The molecule has 0 heterocycles. The van der Waals surface area contributed by atoms with Gasteiger partial charge in [-0.15, -0.1) is 0 Å². The van der Waals surface area contributed by atoms with E-state index in [2.05, 4.69) is 6.92 Å². The minimum absolute atomic E-state index is 0.366. The maximum atomic E-state index is 10.1. The Kier molecular flexibility index (Phi) is 1.90. The number of halogens is 1. The van der Waals surface area contributed by atoms with Crippen LogP contribution >= 0.6 is 11.6 Å². The molecule has 0 aliphatic heterocycles. The summed E-state index contributed by atoms with van der Waals surface area (Å²) in [5, 5.41) is 10.8. The number of hydrogen-bond donors (Lipinski definition) is 1. The molecule has 1 aromatic rings. The van der Waals surface area contributed by atoms with E-state index in [1.54, 1.807) is 0 Å². The Morgan fingerprint density at radius 1 is 1.46 bits per heavy atom. The Labute approximate surface area is 83.3 Å². The normalized spacial score (nSPS) is 31.8. The summed E-state index contributed by atoms with van der Waals surface area (Å²) >= 11 is 5.92. The SMILES string of the molecule is Cc1cc(Cl)cc(C2(O)CC2C)c1. The predicted octanol–water partition coefficient (Wildman–Crippen LogP) is 2.88. The summed E-state index contributed by atoms with van der Waals surface area (Å²) < 4.78 is 0. The monoisotopic (exact) mass is 196 g/mol. The lowest BCUT2D eigenvalue weighted by atomic mass is 10.0. The van der Waals surface area contributed by atoms with Crippen LogP contribution in [0.1, 0.15) is 24.5 Å². The maximum Gasteiger partial charge on any atom is 0.0927 e. The summed E-state index contributed by atoms with van der Waals surface area (Å²) in [6.07, 6.45) is 0.854. The van der Waals surface area contributed by atoms with Crippen LogP contribution < -0.4 is 0 Å². The molecular weight excluding hydrogens is 184 g/mol. The average Bonchev–Trinajstić information content (AvgIpc) is 2.59. The molecule has 0 bridgehead atoms. The third kappa shape index (κ3) is 1.47. The van der Waals surface area contributed by atoms with Crippen LogP contribution in [-0.2, 0) is 5.60 Å². The second-order valence-electron chi connectivity index (χ2n) is 4.05. The lowest BCUT2D eigenvalue weighted by molar-refractivity contribution is 0.134. The Bertz CT molecular complexity index is 328. The molecule has 70 valence electrons. The van der Waals surface area contributed by atoms with Crippen LogP contribution in [0.5, 0.6) is 0 Å². The molecule has 13 heavy (non-hydrogen) atoms. The van der Waals surface area contributed by atoms with Crippen LogP contribution in [0.15, 0.2) is 18.2 Å². The van der Waals surface area contributed by atoms with Gasteiger partial charge in [-0.25, -0.2) is 0 Å². The largest absolute Gasteiger partial charge is 0.385 e. The molecule has 2 rings (SSSR count). The van der Waals surface area contributed by atoms with Gasteiger partial charge in [0.05, 0.1) is 5.60 Å². The smallest absolute Gasteiger partial charge is 0.0927 e. The van der Waals surface area contributed by atoms with Crippen molar-refractivity contribution in [2.24, 2.45) is 5.92 Å². The molecule has 2 unspecified atom stereocenters. The zero-order valence-electron chi connectivity index (χ0n) is 7.84. The summed E-state index contributed by atoms with van der Waals surface area (Å²) in [5.74, 6) is 0.366. The van der Waals surface area contributed by atoms with Gasteiger partial charge in [0.2, 0.25) is 0 Å². The minimum Gasteiger partial charge on any atom is -0.385 e. The van der Waals surface area contributed by atoms with E-state index in [-0.39, 0.29) is 0 Å². The van der Waals surface area contributed by atoms with Gasteiger partial charge < -0.3 is 5.11 Å².